The highest BCUT2D eigenvalue weighted by atomic mass is 19.1. The van der Waals surface area contributed by atoms with Crippen LogP contribution >= 0.6 is 0 Å². The molecule has 3 aromatic carbocycles. The number of hydrogen-bond donors (Lipinski definition) is 2. The first-order valence-corrected chi connectivity index (χ1v) is 12.4. The third-order valence-electron chi connectivity index (χ3n) is 7.11. The molecule has 3 heterocycles. The van der Waals surface area contributed by atoms with Gasteiger partial charge in [0.05, 0.1) is 11.6 Å². The van der Waals surface area contributed by atoms with Gasteiger partial charge in [0.1, 0.15) is 24.3 Å². The number of piperidine rings is 3. The van der Waals surface area contributed by atoms with Gasteiger partial charge in [0, 0.05) is 6.54 Å². The van der Waals surface area contributed by atoms with Crippen molar-refractivity contribution in [3.8, 4) is 5.75 Å². The predicted octanol–water partition coefficient (Wildman–Crippen LogP) is 5.01. The van der Waals surface area contributed by atoms with E-state index in [4.69, 9.17) is 14.6 Å². The standard InChI is InChI=1S/C29H29FN2O5/c30-25-15-19(9-10-24(25)28(33)34)18-36-23-8-4-7-22(16-23)27(21-5-2-1-3-6-21)31-29(35)37-26-17-32-13-11-20(26)12-14-32/h1-10,15-16,20,26-27H,11-14,17-18H2,(H,31,35)(H,33,34)/t26-,27?/m0/s1. The largest absolute Gasteiger partial charge is 0.489 e. The first-order chi connectivity index (χ1) is 18.0. The molecule has 1 unspecified atom stereocenters. The summed E-state index contributed by atoms with van der Waals surface area (Å²) in [4.78, 5) is 26.4. The molecule has 2 atom stereocenters. The molecule has 1 amide bonds. The summed E-state index contributed by atoms with van der Waals surface area (Å²) in [6.45, 7) is 2.99. The van der Waals surface area contributed by atoms with E-state index < -0.39 is 23.9 Å². The number of rotatable bonds is 8. The van der Waals surface area contributed by atoms with Gasteiger partial charge in [-0.15, -0.1) is 0 Å². The topological polar surface area (TPSA) is 88.1 Å². The Labute approximate surface area is 214 Å². The Kier molecular flexibility index (Phi) is 7.37. The number of carbonyl (C=O) groups is 2. The number of ether oxygens (including phenoxy) is 2. The van der Waals surface area contributed by atoms with E-state index in [0.717, 1.165) is 49.7 Å². The summed E-state index contributed by atoms with van der Waals surface area (Å²) in [5.74, 6) is -1.17. The molecule has 37 heavy (non-hydrogen) atoms. The fourth-order valence-corrected chi connectivity index (χ4v) is 5.11. The molecular weight excluding hydrogens is 475 g/mol. The molecule has 0 radical (unpaired) electrons. The number of amides is 1. The third-order valence-corrected chi connectivity index (χ3v) is 7.11. The maximum absolute atomic E-state index is 14.0. The van der Waals surface area contributed by atoms with Crippen LogP contribution in [0.25, 0.3) is 0 Å². The van der Waals surface area contributed by atoms with Gasteiger partial charge in [-0.25, -0.2) is 14.0 Å². The number of alkyl carbamates (subject to hydrolysis) is 1. The van der Waals surface area contributed by atoms with Crippen molar-refractivity contribution in [2.24, 2.45) is 5.92 Å². The van der Waals surface area contributed by atoms with Crippen LogP contribution in [0.3, 0.4) is 0 Å². The zero-order valence-corrected chi connectivity index (χ0v) is 20.3. The van der Waals surface area contributed by atoms with E-state index in [0.29, 0.717) is 17.2 Å². The van der Waals surface area contributed by atoms with Gasteiger partial charge in [0.25, 0.3) is 0 Å². The first kappa shape index (κ1) is 24.8. The number of carboxylic acid groups (broad SMARTS) is 1. The number of carbonyl (C=O) groups excluding carboxylic acids is 1. The smallest absolute Gasteiger partial charge is 0.408 e. The maximum Gasteiger partial charge on any atom is 0.408 e. The van der Waals surface area contributed by atoms with Crippen LogP contribution in [0, 0.1) is 11.7 Å². The molecule has 3 aliphatic heterocycles. The Bertz CT molecular complexity index is 1260. The summed E-state index contributed by atoms with van der Waals surface area (Å²) in [6, 6.07) is 20.4. The highest BCUT2D eigenvalue weighted by Gasteiger charge is 2.36. The molecule has 3 saturated heterocycles. The second-order valence-electron chi connectivity index (χ2n) is 9.55. The van der Waals surface area contributed by atoms with Crippen molar-refractivity contribution in [1.29, 1.82) is 0 Å². The minimum absolute atomic E-state index is 0.0608. The van der Waals surface area contributed by atoms with Gasteiger partial charge in [-0.1, -0.05) is 48.5 Å². The van der Waals surface area contributed by atoms with Gasteiger partial charge >= 0.3 is 12.1 Å². The maximum atomic E-state index is 14.0. The lowest BCUT2D eigenvalue weighted by molar-refractivity contribution is -0.0336. The number of benzene rings is 3. The average molecular weight is 505 g/mol. The lowest BCUT2D eigenvalue weighted by atomic mass is 9.86. The molecule has 2 bridgehead atoms. The predicted molar refractivity (Wildman–Crippen MR) is 135 cm³/mol. The minimum atomic E-state index is -1.32. The first-order valence-electron chi connectivity index (χ1n) is 12.4. The summed E-state index contributed by atoms with van der Waals surface area (Å²) in [6.07, 6.45) is 1.57. The Morgan fingerprint density at radius 3 is 2.43 bits per heavy atom. The van der Waals surface area contributed by atoms with Crippen molar-refractivity contribution in [2.75, 3.05) is 19.6 Å². The third kappa shape index (κ3) is 5.91. The molecular formula is C29H29FN2O5. The quantitative estimate of drug-likeness (QED) is 0.448. The summed E-state index contributed by atoms with van der Waals surface area (Å²) in [5.41, 5.74) is 1.83. The number of nitrogens with zero attached hydrogens (tertiary/aromatic N) is 1. The van der Waals surface area contributed by atoms with Crippen molar-refractivity contribution in [1.82, 2.24) is 10.2 Å². The summed E-state index contributed by atoms with van der Waals surface area (Å²) in [7, 11) is 0. The molecule has 3 fully saturated rings. The molecule has 6 rings (SSSR count). The van der Waals surface area contributed by atoms with E-state index in [1.165, 1.54) is 12.1 Å². The van der Waals surface area contributed by atoms with Crippen LogP contribution in [0.4, 0.5) is 9.18 Å². The van der Waals surface area contributed by atoms with Crippen LogP contribution in [0.1, 0.15) is 45.9 Å². The highest BCUT2D eigenvalue weighted by molar-refractivity contribution is 5.87. The summed E-state index contributed by atoms with van der Waals surface area (Å²) in [5, 5.41) is 12.1. The number of carboxylic acids is 1. The van der Waals surface area contributed by atoms with E-state index in [1.807, 2.05) is 48.5 Å². The van der Waals surface area contributed by atoms with Crippen LogP contribution in [0.5, 0.6) is 5.75 Å². The van der Waals surface area contributed by atoms with Crippen molar-refractivity contribution >= 4 is 12.1 Å². The van der Waals surface area contributed by atoms with Crippen molar-refractivity contribution in [3.05, 3.63) is 101 Å². The molecule has 7 nitrogen and oxygen atoms in total. The number of fused-ring (bicyclic) bond motifs is 3. The van der Waals surface area contributed by atoms with Crippen LogP contribution in [-0.2, 0) is 11.3 Å². The Morgan fingerprint density at radius 1 is 1.00 bits per heavy atom. The van der Waals surface area contributed by atoms with Crippen LogP contribution in [0.15, 0.2) is 72.8 Å². The van der Waals surface area contributed by atoms with E-state index >= 15 is 0 Å². The average Bonchev–Trinajstić information content (AvgIpc) is 2.92. The van der Waals surface area contributed by atoms with Crippen LogP contribution in [0.2, 0.25) is 0 Å². The number of halogens is 1. The van der Waals surface area contributed by atoms with Crippen LogP contribution < -0.4 is 10.1 Å². The Balaban J connectivity index is 1.30. The van der Waals surface area contributed by atoms with Crippen LogP contribution in [-0.4, -0.2) is 47.8 Å². The van der Waals surface area contributed by atoms with Gasteiger partial charge in [-0.05, 0) is 72.8 Å². The van der Waals surface area contributed by atoms with Gasteiger partial charge < -0.3 is 19.9 Å². The van der Waals surface area contributed by atoms with Gasteiger partial charge in [-0.3, -0.25) is 4.90 Å². The Hall–Kier alpha value is -3.91. The molecule has 8 heteroatoms. The van der Waals surface area contributed by atoms with Crippen molar-refractivity contribution in [2.45, 2.75) is 31.6 Å². The zero-order chi connectivity index (χ0) is 25.8. The summed E-state index contributed by atoms with van der Waals surface area (Å²) >= 11 is 0. The highest BCUT2D eigenvalue weighted by Crippen LogP contribution is 2.30. The fourth-order valence-electron chi connectivity index (χ4n) is 5.11. The molecule has 192 valence electrons. The molecule has 3 aliphatic rings. The van der Waals surface area contributed by atoms with Gasteiger partial charge in [0.2, 0.25) is 0 Å². The monoisotopic (exact) mass is 504 g/mol. The lowest BCUT2D eigenvalue weighted by Crippen LogP contribution is -2.52. The van der Waals surface area contributed by atoms with Gasteiger partial charge in [0.15, 0.2) is 0 Å². The van der Waals surface area contributed by atoms with Crippen molar-refractivity contribution < 1.29 is 28.6 Å². The van der Waals surface area contributed by atoms with Crippen molar-refractivity contribution in [3.63, 3.8) is 0 Å². The molecule has 0 spiro atoms. The number of nitrogens with one attached hydrogen (secondary N) is 1. The van der Waals surface area contributed by atoms with E-state index in [2.05, 4.69) is 10.2 Å². The SMILES string of the molecule is O=C(NC(c1ccccc1)c1cccc(OCc2ccc(C(=O)O)c(F)c2)c1)O[C@H]1CN2CCC1CC2. The normalized spacial score (nSPS) is 21.2. The van der Waals surface area contributed by atoms with E-state index in [9.17, 15) is 14.0 Å². The zero-order valence-electron chi connectivity index (χ0n) is 20.3. The molecule has 0 aliphatic carbocycles. The number of hydrogen-bond acceptors (Lipinski definition) is 5. The van der Waals surface area contributed by atoms with Gasteiger partial charge in [-0.2, -0.15) is 0 Å². The fraction of sp³-hybridized carbons (Fsp3) is 0.310. The van der Waals surface area contributed by atoms with E-state index in [-0.39, 0.29) is 18.3 Å². The number of aromatic carboxylic acids is 1. The minimum Gasteiger partial charge on any atom is -0.489 e. The lowest BCUT2D eigenvalue weighted by Gasteiger charge is -2.43. The Morgan fingerprint density at radius 2 is 1.76 bits per heavy atom. The molecule has 2 N–H and O–H groups in total. The summed E-state index contributed by atoms with van der Waals surface area (Å²) < 4.78 is 25.8. The second kappa shape index (κ2) is 11.0. The van der Waals surface area contributed by atoms with E-state index in [1.54, 1.807) is 6.07 Å². The molecule has 0 aromatic heterocycles. The second-order valence-corrected chi connectivity index (χ2v) is 9.55. The molecule has 0 saturated carbocycles. The molecule has 3 aromatic rings.